The summed E-state index contributed by atoms with van der Waals surface area (Å²) in [6, 6.07) is -0.319. The fourth-order valence-electron chi connectivity index (χ4n) is 2.59. The van der Waals surface area contributed by atoms with E-state index in [2.05, 4.69) is 17.6 Å². The molecule has 0 unspecified atom stereocenters. The number of carbonyl (C=O) groups is 2. The minimum Gasteiger partial charge on any atom is -0.481 e. The molecule has 0 atom stereocenters. The van der Waals surface area contributed by atoms with E-state index in [0.29, 0.717) is 32.6 Å². The molecule has 0 saturated heterocycles. The molecule has 21 heavy (non-hydrogen) atoms. The zero-order valence-corrected chi connectivity index (χ0v) is 13.0. The summed E-state index contributed by atoms with van der Waals surface area (Å²) in [5.74, 6) is -0.801. The molecule has 122 valence electrons. The number of nitrogens with one attached hydrogen (secondary N) is 2. The molecule has 2 amide bonds. The van der Waals surface area contributed by atoms with E-state index < -0.39 is 11.4 Å². The Hall–Kier alpha value is -1.30. The number of carboxylic acid groups (broad SMARTS) is 1. The molecule has 1 saturated carbocycles. The lowest BCUT2D eigenvalue weighted by Crippen LogP contribution is -2.47. The monoisotopic (exact) mass is 300 g/mol. The van der Waals surface area contributed by atoms with Crippen LogP contribution >= 0.6 is 0 Å². The number of carboxylic acids is 1. The van der Waals surface area contributed by atoms with Gasteiger partial charge >= 0.3 is 12.0 Å². The minimum atomic E-state index is -0.801. The molecule has 0 heterocycles. The van der Waals surface area contributed by atoms with Crippen molar-refractivity contribution in [3.8, 4) is 0 Å². The van der Waals surface area contributed by atoms with Crippen LogP contribution < -0.4 is 10.6 Å². The van der Waals surface area contributed by atoms with Gasteiger partial charge in [0.25, 0.3) is 0 Å². The third kappa shape index (κ3) is 6.33. The lowest BCUT2D eigenvalue weighted by Gasteiger charge is -2.33. The van der Waals surface area contributed by atoms with Crippen molar-refractivity contribution in [2.75, 3.05) is 26.3 Å². The lowest BCUT2D eigenvalue weighted by molar-refractivity contribution is -0.150. The number of rotatable bonds is 9. The predicted molar refractivity (Wildman–Crippen MR) is 80.3 cm³/mol. The topological polar surface area (TPSA) is 87.7 Å². The van der Waals surface area contributed by atoms with Crippen LogP contribution in [0.1, 0.15) is 51.9 Å². The van der Waals surface area contributed by atoms with Crippen molar-refractivity contribution >= 4 is 12.0 Å². The molecule has 0 aromatic heterocycles. The van der Waals surface area contributed by atoms with Gasteiger partial charge in [0.15, 0.2) is 0 Å². The molecule has 0 spiro atoms. The van der Waals surface area contributed by atoms with Crippen molar-refractivity contribution in [1.29, 1.82) is 0 Å². The summed E-state index contributed by atoms with van der Waals surface area (Å²) in [5.41, 5.74) is -0.785. The molecule has 0 aromatic rings. The second-order valence-electron chi connectivity index (χ2n) is 5.72. The Morgan fingerprint density at radius 1 is 1.14 bits per heavy atom. The molecule has 0 radical (unpaired) electrons. The SMILES string of the molecule is CCCCOCCNC(=O)NCC1(C(=O)O)CCCCC1. The molecule has 0 aromatic carbocycles. The van der Waals surface area contributed by atoms with Gasteiger partial charge in [-0.1, -0.05) is 32.6 Å². The first-order chi connectivity index (χ1) is 10.1. The quantitative estimate of drug-likeness (QED) is 0.569. The number of hydrogen-bond acceptors (Lipinski definition) is 3. The summed E-state index contributed by atoms with van der Waals surface area (Å²) in [6.45, 7) is 3.93. The highest BCUT2D eigenvalue weighted by atomic mass is 16.5. The smallest absolute Gasteiger partial charge is 0.314 e. The maximum Gasteiger partial charge on any atom is 0.314 e. The highest BCUT2D eigenvalue weighted by Crippen LogP contribution is 2.35. The molecule has 6 heteroatoms. The van der Waals surface area contributed by atoms with Crippen molar-refractivity contribution in [2.45, 2.75) is 51.9 Å². The number of aliphatic carboxylic acids is 1. The average molecular weight is 300 g/mol. The maximum absolute atomic E-state index is 11.7. The molecular formula is C15H28N2O4. The van der Waals surface area contributed by atoms with Gasteiger partial charge in [-0.2, -0.15) is 0 Å². The van der Waals surface area contributed by atoms with Crippen LogP contribution in [-0.4, -0.2) is 43.4 Å². The Bertz CT molecular complexity index is 328. The van der Waals surface area contributed by atoms with Crippen molar-refractivity contribution in [1.82, 2.24) is 10.6 Å². The van der Waals surface area contributed by atoms with Crippen LogP contribution in [0.15, 0.2) is 0 Å². The van der Waals surface area contributed by atoms with Gasteiger partial charge in [0.05, 0.1) is 12.0 Å². The fourth-order valence-corrected chi connectivity index (χ4v) is 2.59. The molecule has 1 fully saturated rings. The minimum absolute atomic E-state index is 0.199. The van der Waals surface area contributed by atoms with Crippen LogP contribution in [0.25, 0.3) is 0 Å². The Kier molecular flexibility index (Phi) is 8.12. The summed E-state index contributed by atoms with van der Waals surface area (Å²) in [5, 5.41) is 14.8. The Balaban J connectivity index is 2.20. The van der Waals surface area contributed by atoms with Crippen molar-refractivity contribution in [2.24, 2.45) is 5.41 Å². The van der Waals surface area contributed by atoms with E-state index in [9.17, 15) is 14.7 Å². The van der Waals surface area contributed by atoms with E-state index in [1.165, 1.54) is 0 Å². The normalized spacial score (nSPS) is 17.2. The van der Waals surface area contributed by atoms with Crippen molar-refractivity contribution in [3.05, 3.63) is 0 Å². The van der Waals surface area contributed by atoms with Crippen LogP contribution in [-0.2, 0) is 9.53 Å². The predicted octanol–water partition coefficient (Wildman–Crippen LogP) is 2.14. The lowest BCUT2D eigenvalue weighted by atomic mass is 9.74. The van der Waals surface area contributed by atoms with Gasteiger partial charge in [0, 0.05) is 19.7 Å². The highest BCUT2D eigenvalue weighted by molar-refractivity contribution is 5.78. The first-order valence-corrected chi connectivity index (χ1v) is 7.93. The Morgan fingerprint density at radius 2 is 1.86 bits per heavy atom. The molecule has 0 bridgehead atoms. The van der Waals surface area contributed by atoms with Crippen LogP contribution in [0.2, 0.25) is 0 Å². The number of unbranched alkanes of at least 4 members (excludes halogenated alkanes) is 1. The standard InChI is InChI=1S/C15H28N2O4/c1-2-3-10-21-11-9-16-14(20)17-12-15(13(18)19)7-5-4-6-8-15/h2-12H2,1H3,(H,18,19)(H2,16,17,20). The van der Waals surface area contributed by atoms with Crippen molar-refractivity contribution in [3.63, 3.8) is 0 Å². The fraction of sp³-hybridized carbons (Fsp3) is 0.867. The third-order valence-electron chi connectivity index (χ3n) is 4.03. The van der Waals surface area contributed by atoms with Gasteiger partial charge in [-0.3, -0.25) is 4.79 Å². The number of carbonyl (C=O) groups excluding carboxylic acids is 1. The van der Waals surface area contributed by atoms with Crippen LogP contribution in [0.3, 0.4) is 0 Å². The Morgan fingerprint density at radius 3 is 2.48 bits per heavy atom. The number of ether oxygens (including phenoxy) is 1. The molecule has 1 rings (SSSR count). The number of amides is 2. The van der Waals surface area contributed by atoms with Gasteiger partial charge in [-0.25, -0.2) is 4.79 Å². The second-order valence-corrected chi connectivity index (χ2v) is 5.72. The van der Waals surface area contributed by atoms with E-state index >= 15 is 0 Å². The van der Waals surface area contributed by atoms with Gasteiger partial charge in [0.1, 0.15) is 0 Å². The molecule has 6 nitrogen and oxygen atoms in total. The van der Waals surface area contributed by atoms with E-state index in [1.54, 1.807) is 0 Å². The van der Waals surface area contributed by atoms with Gasteiger partial charge < -0.3 is 20.5 Å². The van der Waals surface area contributed by atoms with E-state index in [4.69, 9.17) is 4.74 Å². The molecule has 1 aliphatic rings. The second kappa shape index (κ2) is 9.60. The average Bonchev–Trinajstić information content (AvgIpc) is 2.49. The van der Waals surface area contributed by atoms with Gasteiger partial charge in [-0.05, 0) is 19.3 Å². The van der Waals surface area contributed by atoms with E-state index in [1.807, 2.05) is 0 Å². The largest absolute Gasteiger partial charge is 0.481 e. The molecule has 0 aliphatic heterocycles. The maximum atomic E-state index is 11.7. The highest BCUT2D eigenvalue weighted by Gasteiger charge is 2.39. The zero-order chi connectivity index (χ0) is 15.6. The van der Waals surface area contributed by atoms with E-state index in [-0.39, 0.29) is 12.6 Å². The van der Waals surface area contributed by atoms with Crippen molar-refractivity contribution < 1.29 is 19.4 Å². The first kappa shape index (κ1) is 17.8. The van der Waals surface area contributed by atoms with Crippen LogP contribution in [0, 0.1) is 5.41 Å². The van der Waals surface area contributed by atoms with Gasteiger partial charge in [-0.15, -0.1) is 0 Å². The van der Waals surface area contributed by atoms with Gasteiger partial charge in [0.2, 0.25) is 0 Å². The summed E-state index contributed by atoms with van der Waals surface area (Å²) < 4.78 is 5.34. The molecule has 1 aliphatic carbocycles. The number of urea groups is 1. The summed E-state index contributed by atoms with van der Waals surface area (Å²) in [7, 11) is 0. The third-order valence-corrected chi connectivity index (χ3v) is 4.03. The number of hydrogen-bond donors (Lipinski definition) is 3. The van der Waals surface area contributed by atoms with Crippen LogP contribution in [0.4, 0.5) is 4.79 Å². The Labute approximate surface area is 126 Å². The zero-order valence-electron chi connectivity index (χ0n) is 13.0. The van der Waals surface area contributed by atoms with Crippen LogP contribution in [0.5, 0.6) is 0 Å². The van der Waals surface area contributed by atoms with E-state index in [0.717, 1.165) is 32.1 Å². The first-order valence-electron chi connectivity index (χ1n) is 7.93. The summed E-state index contributed by atoms with van der Waals surface area (Å²) >= 11 is 0. The summed E-state index contributed by atoms with van der Waals surface area (Å²) in [6.07, 6.45) is 6.31. The molecular weight excluding hydrogens is 272 g/mol. The molecule has 3 N–H and O–H groups in total. The summed E-state index contributed by atoms with van der Waals surface area (Å²) in [4.78, 5) is 23.1.